The fourth-order valence-corrected chi connectivity index (χ4v) is 3.08. The fraction of sp³-hybridized carbons (Fsp3) is 0.438. The van der Waals surface area contributed by atoms with Crippen molar-refractivity contribution >= 4 is 17.2 Å². The first-order chi connectivity index (χ1) is 10.7. The van der Waals surface area contributed by atoms with Crippen LogP contribution in [0.4, 0.5) is 0 Å². The number of nitrogens with zero attached hydrogens (tertiary/aromatic N) is 3. The summed E-state index contributed by atoms with van der Waals surface area (Å²) in [5, 5.41) is 7.19. The Balaban J connectivity index is 2.04. The highest BCUT2D eigenvalue weighted by atomic mass is 32.1. The van der Waals surface area contributed by atoms with Gasteiger partial charge in [-0.1, -0.05) is 13.8 Å². The van der Waals surface area contributed by atoms with Gasteiger partial charge in [0.1, 0.15) is 5.69 Å². The Morgan fingerprint density at radius 1 is 1.32 bits per heavy atom. The van der Waals surface area contributed by atoms with Crippen LogP contribution in [-0.4, -0.2) is 40.4 Å². The van der Waals surface area contributed by atoms with Crippen molar-refractivity contribution in [3.05, 3.63) is 46.2 Å². The van der Waals surface area contributed by atoms with E-state index in [4.69, 9.17) is 0 Å². The highest BCUT2D eigenvalue weighted by Gasteiger charge is 2.19. The molecule has 0 radical (unpaired) electrons. The zero-order valence-electron chi connectivity index (χ0n) is 13.2. The molecule has 0 aromatic carbocycles. The Morgan fingerprint density at radius 2 is 2.09 bits per heavy atom. The van der Waals surface area contributed by atoms with Gasteiger partial charge in [-0.25, -0.2) is 4.98 Å². The summed E-state index contributed by atoms with van der Waals surface area (Å²) in [6, 6.07) is 2.30. The summed E-state index contributed by atoms with van der Waals surface area (Å²) >= 11 is 1.68. The van der Waals surface area contributed by atoms with E-state index in [1.165, 1.54) is 11.8 Å². The summed E-state index contributed by atoms with van der Waals surface area (Å²) in [5.41, 5.74) is 2.40. The molecule has 1 amide bonds. The van der Waals surface area contributed by atoms with E-state index in [-0.39, 0.29) is 11.9 Å². The molecular formula is C16H22N4OS. The average molecular weight is 318 g/mol. The van der Waals surface area contributed by atoms with E-state index in [9.17, 15) is 4.79 Å². The topological polar surface area (TPSA) is 58.1 Å². The summed E-state index contributed by atoms with van der Waals surface area (Å²) < 4.78 is 0. The SMILES string of the molecule is CCN(CC)[C@H](CNC(=O)c1cnc(C)cn1)c1ccsc1. The number of rotatable bonds is 7. The van der Waals surface area contributed by atoms with Crippen molar-refractivity contribution in [1.29, 1.82) is 0 Å². The molecule has 118 valence electrons. The lowest BCUT2D eigenvalue weighted by Crippen LogP contribution is -2.38. The molecular weight excluding hydrogens is 296 g/mol. The first-order valence-corrected chi connectivity index (χ1v) is 8.43. The van der Waals surface area contributed by atoms with Crippen LogP contribution in [0.5, 0.6) is 0 Å². The molecule has 1 atom stereocenters. The highest BCUT2D eigenvalue weighted by molar-refractivity contribution is 7.07. The molecule has 2 aromatic rings. The normalized spacial score (nSPS) is 12.4. The molecule has 0 fully saturated rings. The summed E-state index contributed by atoms with van der Waals surface area (Å²) in [6.45, 7) is 8.56. The third kappa shape index (κ3) is 4.11. The van der Waals surface area contributed by atoms with E-state index in [1.54, 1.807) is 17.5 Å². The number of thiophene rings is 1. The van der Waals surface area contributed by atoms with Crippen LogP contribution in [0.25, 0.3) is 0 Å². The van der Waals surface area contributed by atoms with Gasteiger partial charge in [0.25, 0.3) is 5.91 Å². The van der Waals surface area contributed by atoms with E-state index in [2.05, 4.69) is 50.9 Å². The van der Waals surface area contributed by atoms with E-state index in [1.807, 2.05) is 6.92 Å². The maximum absolute atomic E-state index is 12.2. The maximum atomic E-state index is 12.2. The summed E-state index contributed by atoms with van der Waals surface area (Å²) in [4.78, 5) is 22.8. The first kappa shape index (κ1) is 16.6. The van der Waals surface area contributed by atoms with Gasteiger partial charge in [-0.3, -0.25) is 14.7 Å². The summed E-state index contributed by atoms with van der Waals surface area (Å²) in [7, 11) is 0. The molecule has 0 aliphatic heterocycles. The number of likely N-dealkylation sites (N-methyl/N-ethyl adjacent to an activating group) is 1. The van der Waals surface area contributed by atoms with E-state index in [0.717, 1.165) is 18.8 Å². The zero-order valence-corrected chi connectivity index (χ0v) is 14.1. The predicted octanol–water partition coefficient (Wildman–Crippen LogP) is 2.66. The van der Waals surface area contributed by atoms with Gasteiger partial charge in [-0.05, 0) is 42.4 Å². The number of aryl methyl sites for hydroxylation is 1. The Labute approximate surface area is 135 Å². The molecule has 6 heteroatoms. The molecule has 22 heavy (non-hydrogen) atoms. The van der Waals surface area contributed by atoms with Crippen LogP contribution in [0.2, 0.25) is 0 Å². The number of carbonyl (C=O) groups excluding carboxylic acids is 1. The van der Waals surface area contributed by atoms with Crippen LogP contribution in [0.3, 0.4) is 0 Å². The van der Waals surface area contributed by atoms with Crippen molar-refractivity contribution in [1.82, 2.24) is 20.2 Å². The Morgan fingerprint density at radius 3 is 2.64 bits per heavy atom. The van der Waals surface area contributed by atoms with Crippen LogP contribution in [0, 0.1) is 6.92 Å². The van der Waals surface area contributed by atoms with Crippen molar-refractivity contribution in [3.63, 3.8) is 0 Å². The lowest BCUT2D eigenvalue weighted by Gasteiger charge is -2.29. The van der Waals surface area contributed by atoms with E-state index < -0.39 is 0 Å². The molecule has 1 N–H and O–H groups in total. The molecule has 0 saturated carbocycles. The second-order valence-corrected chi connectivity index (χ2v) is 5.83. The van der Waals surface area contributed by atoms with Gasteiger partial charge in [-0.2, -0.15) is 11.3 Å². The van der Waals surface area contributed by atoms with Crippen LogP contribution in [0.1, 0.15) is 41.6 Å². The molecule has 0 aliphatic carbocycles. The van der Waals surface area contributed by atoms with Crippen LogP contribution < -0.4 is 5.32 Å². The van der Waals surface area contributed by atoms with Crippen molar-refractivity contribution in [2.45, 2.75) is 26.8 Å². The molecule has 0 aliphatic rings. The molecule has 5 nitrogen and oxygen atoms in total. The summed E-state index contributed by atoms with van der Waals surface area (Å²) in [5.74, 6) is -0.181. The molecule has 2 rings (SSSR count). The average Bonchev–Trinajstić information content (AvgIpc) is 3.06. The Kier molecular flexibility index (Phi) is 6.03. The Bertz CT molecular complexity index is 579. The molecule has 0 unspecified atom stereocenters. The number of hydrogen-bond acceptors (Lipinski definition) is 5. The van der Waals surface area contributed by atoms with Gasteiger partial charge in [0.2, 0.25) is 0 Å². The third-order valence-corrected chi connectivity index (χ3v) is 4.35. The second-order valence-electron chi connectivity index (χ2n) is 5.05. The van der Waals surface area contributed by atoms with Gasteiger partial charge in [0.15, 0.2) is 0 Å². The van der Waals surface area contributed by atoms with Crippen LogP contribution in [0.15, 0.2) is 29.2 Å². The zero-order chi connectivity index (χ0) is 15.9. The predicted molar refractivity (Wildman–Crippen MR) is 89.1 cm³/mol. The minimum atomic E-state index is -0.181. The largest absolute Gasteiger partial charge is 0.349 e. The van der Waals surface area contributed by atoms with Crippen LogP contribution >= 0.6 is 11.3 Å². The third-order valence-electron chi connectivity index (χ3n) is 3.65. The summed E-state index contributed by atoms with van der Waals surface area (Å²) in [6.07, 6.45) is 3.12. The molecule has 0 bridgehead atoms. The van der Waals surface area contributed by atoms with Gasteiger partial charge in [-0.15, -0.1) is 0 Å². The number of aromatic nitrogens is 2. The van der Waals surface area contributed by atoms with E-state index in [0.29, 0.717) is 12.2 Å². The minimum Gasteiger partial charge on any atom is -0.349 e. The van der Waals surface area contributed by atoms with Crippen molar-refractivity contribution in [3.8, 4) is 0 Å². The van der Waals surface area contributed by atoms with Crippen molar-refractivity contribution in [2.75, 3.05) is 19.6 Å². The molecule has 0 saturated heterocycles. The van der Waals surface area contributed by atoms with E-state index >= 15 is 0 Å². The number of nitrogens with one attached hydrogen (secondary N) is 1. The number of carbonyl (C=O) groups is 1. The quantitative estimate of drug-likeness (QED) is 0.852. The first-order valence-electron chi connectivity index (χ1n) is 7.48. The van der Waals surface area contributed by atoms with Gasteiger partial charge in [0.05, 0.1) is 17.9 Å². The van der Waals surface area contributed by atoms with Gasteiger partial charge in [0, 0.05) is 12.7 Å². The van der Waals surface area contributed by atoms with Crippen molar-refractivity contribution in [2.24, 2.45) is 0 Å². The molecule has 0 spiro atoms. The number of amides is 1. The standard InChI is InChI=1S/C16H22N4OS/c1-4-20(5-2)15(13-6-7-22-11-13)10-19-16(21)14-9-17-12(3)8-18-14/h6-9,11,15H,4-5,10H2,1-3H3,(H,19,21)/t15-/m1/s1. The lowest BCUT2D eigenvalue weighted by molar-refractivity contribution is 0.0929. The van der Waals surface area contributed by atoms with Gasteiger partial charge < -0.3 is 5.32 Å². The second kappa shape index (κ2) is 8.00. The molecule has 2 heterocycles. The Hall–Kier alpha value is -1.79. The monoisotopic (exact) mass is 318 g/mol. The van der Waals surface area contributed by atoms with Gasteiger partial charge >= 0.3 is 0 Å². The van der Waals surface area contributed by atoms with Crippen molar-refractivity contribution < 1.29 is 4.79 Å². The lowest BCUT2D eigenvalue weighted by atomic mass is 10.1. The van der Waals surface area contributed by atoms with Crippen LogP contribution in [-0.2, 0) is 0 Å². The molecule has 2 aromatic heterocycles. The minimum absolute atomic E-state index is 0.181. The fourth-order valence-electron chi connectivity index (χ4n) is 2.38. The number of hydrogen-bond donors (Lipinski definition) is 1. The smallest absolute Gasteiger partial charge is 0.271 e. The maximum Gasteiger partial charge on any atom is 0.271 e. The highest BCUT2D eigenvalue weighted by Crippen LogP contribution is 2.22.